The molecule has 6 nitrogen and oxygen atoms in total. The molecule has 0 amide bonds. The summed E-state index contributed by atoms with van der Waals surface area (Å²) in [6.45, 7) is 11.4. The van der Waals surface area contributed by atoms with Crippen LogP contribution in [0.1, 0.15) is 26.7 Å². The highest BCUT2D eigenvalue weighted by Gasteiger charge is 2.53. The molecular weight excluding hydrogens is 304 g/mol. The first-order chi connectivity index (χ1) is 11.6. The number of hydrogen-bond donors (Lipinski definition) is 1. The first-order valence-corrected chi connectivity index (χ1v) is 9.53. The van der Waals surface area contributed by atoms with Gasteiger partial charge in [-0.05, 0) is 26.7 Å². The van der Waals surface area contributed by atoms with Gasteiger partial charge < -0.3 is 19.7 Å². The fourth-order valence-corrected chi connectivity index (χ4v) is 5.10. The summed E-state index contributed by atoms with van der Waals surface area (Å²) in [5.41, 5.74) is -0.0222. The predicted octanol–water partition coefficient (Wildman–Crippen LogP) is 0.782. The Hall–Kier alpha value is -0.850. The van der Waals surface area contributed by atoms with Crippen molar-refractivity contribution >= 4 is 5.96 Å². The fourth-order valence-electron chi connectivity index (χ4n) is 5.10. The Labute approximate surface area is 145 Å². The molecule has 0 aromatic heterocycles. The van der Waals surface area contributed by atoms with E-state index in [1.165, 1.54) is 12.8 Å². The van der Waals surface area contributed by atoms with Crippen molar-refractivity contribution in [3.63, 3.8) is 0 Å². The van der Waals surface area contributed by atoms with Gasteiger partial charge in [-0.3, -0.25) is 9.89 Å². The fraction of sp³-hybridized carbons (Fsp3) is 0.944. The second-order valence-corrected chi connectivity index (χ2v) is 8.38. The normalized spacial score (nSPS) is 38.6. The van der Waals surface area contributed by atoms with Gasteiger partial charge in [0.1, 0.15) is 0 Å². The van der Waals surface area contributed by atoms with Gasteiger partial charge in [-0.1, -0.05) is 0 Å². The van der Waals surface area contributed by atoms with E-state index >= 15 is 0 Å². The molecule has 0 radical (unpaired) electrons. The SMILES string of the molecule is CN=C(NCCN1CCOC(C)(C)C1)N1CC2C3CCC(O3)C2C1. The highest BCUT2D eigenvalue weighted by molar-refractivity contribution is 5.80. The number of nitrogens with zero attached hydrogens (tertiary/aromatic N) is 3. The minimum atomic E-state index is -0.0222. The van der Waals surface area contributed by atoms with Gasteiger partial charge in [-0.25, -0.2) is 0 Å². The van der Waals surface area contributed by atoms with Crippen LogP contribution in [0.4, 0.5) is 0 Å². The first-order valence-electron chi connectivity index (χ1n) is 9.53. The molecule has 4 unspecified atom stereocenters. The Bertz CT molecular complexity index is 477. The van der Waals surface area contributed by atoms with E-state index in [0.29, 0.717) is 12.2 Å². The van der Waals surface area contributed by atoms with Crippen molar-refractivity contribution in [1.82, 2.24) is 15.1 Å². The Balaban J connectivity index is 1.25. The smallest absolute Gasteiger partial charge is 0.193 e. The number of nitrogens with one attached hydrogen (secondary N) is 1. The third-order valence-corrected chi connectivity index (χ3v) is 6.18. The lowest BCUT2D eigenvalue weighted by Crippen LogP contribution is -2.51. The van der Waals surface area contributed by atoms with Crippen LogP contribution in [-0.2, 0) is 9.47 Å². The summed E-state index contributed by atoms with van der Waals surface area (Å²) in [7, 11) is 1.90. The van der Waals surface area contributed by atoms with Crippen LogP contribution in [0, 0.1) is 11.8 Å². The molecule has 6 heteroatoms. The van der Waals surface area contributed by atoms with Gasteiger partial charge in [0.2, 0.25) is 0 Å². The van der Waals surface area contributed by atoms with Gasteiger partial charge >= 0.3 is 0 Å². The number of ether oxygens (including phenoxy) is 2. The molecule has 24 heavy (non-hydrogen) atoms. The Morgan fingerprint density at radius 1 is 1.21 bits per heavy atom. The largest absolute Gasteiger partial charge is 0.374 e. The molecule has 4 aliphatic heterocycles. The van der Waals surface area contributed by atoms with Crippen molar-refractivity contribution in [2.75, 3.05) is 52.9 Å². The number of morpholine rings is 1. The van der Waals surface area contributed by atoms with Crippen LogP contribution < -0.4 is 5.32 Å². The standard InChI is InChI=1S/C18H32N4O2/c1-18(2)12-21(8-9-23-18)7-6-20-17(19-3)22-10-13-14(11-22)16-5-4-15(13)24-16/h13-16H,4-12H2,1-3H3,(H,19,20). The molecule has 4 atom stereocenters. The number of fused-ring (bicyclic) bond motifs is 5. The third kappa shape index (κ3) is 3.16. The van der Waals surface area contributed by atoms with Crippen LogP contribution in [0.2, 0.25) is 0 Å². The topological polar surface area (TPSA) is 49.3 Å². The molecule has 1 N–H and O–H groups in total. The van der Waals surface area contributed by atoms with Crippen LogP contribution in [0.5, 0.6) is 0 Å². The van der Waals surface area contributed by atoms with E-state index in [1.807, 2.05) is 7.05 Å². The van der Waals surface area contributed by atoms with Crippen molar-refractivity contribution in [1.29, 1.82) is 0 Å². The zero-order valence-electron chi connectivity index (χ0n) is 15.3. The average molecular weight is 336 g/mol. The van der Waals surface area contributed by atoms with Crippen molar-refractivity contribution < 1.29 is 9.47 Å². The van der Waals surface area contributed by atoms with Crippen LogP contribution in [0.3, 0.4) is 0 Å². The molecule has 4 aliphatic rings. The second-order valence-electron chi connectivity index (χ2n) is 8.38. The Kier molecular flexibility index (Phi) is 4.47. The maximum Gasteiger partial charge on any atom is 0.193 e. The zero-order chi connectivity index (χ0) is 16.7. The maximum atomic E-state index is 6.08. The van der Waals surface area contributed by atoms with Crippen LogP contribution in [0.15, 0.2) is 4.99 Å². The molecule has 136 valence electrons. The van der Waals surface area contributed by atoms with E-state index < -0.39 is 0 Å². The third-order valence-electron chi connectivity index (χ3n) is 6.18. The Morgan fingerprint density at radius 3 is 2.54 bits per heavy atom. The lowest BCUT2D eigenvalue weighted by molar-refractivity contribution is -0.0852. The van der Waals surface area contributed by atoms with E-state index in [4.69, 9.17) is 9.47 Å². The summed E-state index contributed by atoms with van der Waals surface area (Å²) >= 11 is 0. The zero-order valence-corrected chi connectivity index (χ0v) is 15.3. The molecule has 4 saturated heterocycles. The summed E-state index contributed by atoms with van der Waals surface area (Å²) in [5, 5.41) is 3.58. The Morgan fingerprint density at radius 2 is 1.92 bits per heavy atom. The maximum absolute atomic E-state index is 6.08. The molecule has 0 aromatic rings. The minimum absolute atomic E-state index is 0.0222. The highest BCUT2D eigenvalue weighted by Crippen LogP contribution is 2.47. The molecule has 0 spiro atoms. The highest BCUT2D eigenvalue weighted by atomic mass is 16.5. The molecule has 2 bridgehead atoms. The molecule has 0 aromatic carbocycles. The van der Waals surface area contributed by atoms with Gasteiger partial charge in [0.25, 0.3) is 0 Å². The van der Waals surface area contributed by atoms with Gasteiger partial charge in [0.15, 0.2) is 5.96 Å². The number of likely N-dealkylation sites (tertiary alicyclic amines) is 1. The van der Waals surface area contributed by atoms with E-state index in [9.17, 15) is 0 Å². The number of rotatable bonds is 3. The summed E-state index contributed by atoms with van der Waals surface area (Å²) in [4.78, 5) is 9.46. The van der Waals surface area contributed by atoms with Gasteiger partial charge in [-0.15, -0.1) is 0 Å². The number of hydrogen-bond acceptors (Lipinski definition) is 4. The van der Waals surface area contributed by atoms with E-state index in [1.54, 1.807) is 0 Å². The van der Waals surface area contributed by atoms with Crippen molar-refractivity contribution in [2.24, 2.45) is 16.8 Å². The van der Waals surface area contributed by atoms with E-state index in [0.717, 1.165) is 63.7 Å². The van der Waals surface area contributed by atoms with Crippen molar-refractivity contribution in [2.45, 2.75) is 44.5 Å². The van der Waals surface area contributed by atoms with E-state index in [-0.39, 0.29) is 5.60 Å². The second kappa shape index (κ2) is 6.46. The lowest BCUT2D eigenvalue weighted by atomic mass is 9.82. The monoisotopic (exact) mass is 336 g/mol. The molecule has 0 aliphatic carbocycles. The lowest BCUT2D eigenvalue weighted by Gasteiger charge is -2.38. The van der Waals surface area contributed by atoms with Gasteiger partial charge in [-0.2, -0.15) is 0 Å². The summed E-state index contributed by atoms with van der Waals surface area (Å²) in [6.07, 6.45) is 3.55. The molecule has 4 fully saturated rings. The minimum Gasteiger partial charge on any atom is -0.374 e. The predicted molar refractivity (Wildman–Crippen MR) is 94.3 cm³/mol. The number of guanidine groups is 1. The first kappa shape index (κ1) is 16.6. The number of aliphatic imine (C=N–C) groups is 1. The van der Waals surface area contributed by atoms with Crippen LogP contribution in [0.25, 0.3) is 0 Å². The van der Waals surface area contributed by atoms with Crippen molar-refractivity contribution in [3.8, 4) is 0 Å². The molecular formula is C18H32N4O2. The summed E-state index contributed by atoms with van der Waals surface area (Å²) < 4.78 is 11.9. The molecule has 4 heterocycles. The van der Waals surface area contributed by atoms with Gasteiger partial charge in [0.05, 0.1) is 24.4 Å². The van der Waals surface area contributed by atoms with Gasteiger partial charge in [0, 0.05) is 58.2 Å². The van der Waals surface area contributed by atoms with Crippen LogP contribution >= 0.6 is 0 Å². The van der Waals surface area contributed by atoms with Crippen molar-refractivity contribution in [3.05, 3.63) is 0 Å². The van der Waals surface area contributed by atoms with Crippen LogP contribution in [-0.4, -0.2) is 86.5 Å². The molecule has 4 rings (SSSR count). The summed E-state index contributed by atoms with van der Waals surface area (Å²) in [6, 6.07) is 0. The van der Waals surface area contributed by atoms with E-state index in [2.05, 4.69) is 34.0 Å². The summed E-state index contributed by atoms with van der Waals surface area (Å²) in [5.74, 6) is 2.51. The molecule has 0 saturated carbocycles. The average Bonchev–Trinajstić information content (AvgIpc) is 3.22. The quantitative estimate of drug-likeness (QED) is 0.610.